The van der Waals surface area contributed by atoms with Gasteiger partial charge in [-0.25, -0.2) is 0 Å². The molecule has 0 saturated heterocycles. The summed E-state index contributed by atoms with van der Waals surface area (Å²) >= 11 is 8.50. The van der Waals surface area contributed by atoms with Gasteiger partial charge in [-0.2, -0.15) is 0 Å². The van der Waals surface area contributed by atoms with Gasteiger partial charge in [0.15, 0.2) is 0 Å². The minimum absolute atomic E-state index is 0.0403. The second-order valence-corrected chi connectivity index (χ2v) is 6.54. The zero-order valence-electron chi connectivity index (χ0n) is 11.0. The van der Waals surface area contributed by atoms with E-state index in [0.717, 1.165) is 11.3 Å². The quantitative estimate of drug-likeness (QED) is 0.726. The molecule has 0 saturated carbocycles. The molecule has 3 rings (SSSR count). The summed E-state index contributed by atoms with van der Waals surface area (Å²) in [5, 5.41) is -0.0403. The van der Waals surface area contributed by atoms with Crippen LogP contribution in [0.15, 0.2) is 30.3 Å². The van der Waals surface area contributed by atoms with E-state index in [0.29, 0.717) is 0 Å². The van der Waals surface area contributed by atoms with E-state index in [-0.39, 0.29) is 5.38 Å². The van der Waals surface area contributed by atoms with Gasteiger partial charge in [0.2, 0.25) is 0 Å². The first kappa shape index (κ1) is 13.0. The number of rotatable bonds is 3. The van der Waals surface area contributed by atoms with Gasteiger partial charge in [-0.05, 0) is 55.0 Å². The monoisotopic (exact) mass is 292 g/mol. The van der Waals surface area contributed by atoms with E-state index in [4.69, 9.17) is 16.3 Å². The van der Waals surface area contributed by atoms with Crippen molar-refractivity contribution in [1.82, 2.24) is 0 Å². The minimum atomic E-state index is -0.0403. The zero-order valence-corrected chi connectivity index (χ0v) is 12.6. The predicted octanol–water partition coefficient (Wildman–Crippen LogP) is 4.96. The van der Waals surface area contributed by atoms with Crippen LogP contribution >= 0.6 is 22.9 Å². The van der Waals surface area contributed by atoms with Crippen molar-refractivity contribution in [2.45, 2.75) is 31.1 Å². The van der Waals surface area contributed by atoms with Crippen LogP contribution in [0.4, 0.5) is 0 Å². The molecule has 19 heavy (non-hydrogen) atoms. The Kier molecular flexibility index (Phi) is 3.81. The summed E-state index contributed by atoms with van der Waals surface area (Å²) in [5.74, 6) is 0.873. The number of ether oxygens (including phenoxy) is 1. The molecule has 1 aliphatic carbocycles. The van der Waals surface area contributed by atoms with Gasteiger partial charge in [-0.15, -0.1) is 22.9 Å². The summed E-state index contributed by atoms with van der Waals surface area (Å²) in [4.78, 5) is 2.82. The second kappa shape index (κ2) is 5.56. The molecular weight excluding hydrogens is 276 g/mol. The van der Waals surface area contributed by atoms with Crippen LogP contribution in [0, 0.1) is 0 Å². The second-order valence-electron chi connectivity index (χ2n) is 4.94. The van der Waals surface area contributed by atoms with Gasteiger partial charge in [0.05, 0.1) is 12.5 Å². The molecule has 1 atom stereocenters. The van der Waals surface area contributed by atoms with Crippen molar-refractivity contribution < 1.29 is 4.74 Å². The highest BCUT2D eigenvalue weighted by molar-refractivity contribution is 7.12. The molecule has 0 fully saturated rings. The minimum Gasteiger partial charge on any atom is -0.497 e. The molecule has 0 amide bonds. The number of halogens is 1. The normalized spacial score (nSPS) is 15.9. The maximum Gasteiger partial charge on any atom is 0.118 e. The molecule has 3 heteroatoms. The number of fused-ring (bicyclic) bond motifs is 1. The van der Waals surface area contributed by atoms with Crippen LogP contribution in [0.5, 0.6) is 5.75 Å². The topological polar surface area (TPSA) is 9.23 Å². The molecule has 0 radical (unpaired) electrons. The highest BCUT2D eigenvalue weighted by Gasteiger charge is 2.18. The lowest BCUT2D eigenvalue weighted by Crippen LogP contribution is -1.96. The fraction of sp³-hybridized carbons (Fsp3) is 0.375. The zero-order chi connectivity index (χ0) is 13.2. The molecule has 0 spiro atoms. The van der Waals surface area contributed by atoms with E-state index in [1.807, 2.05) is 23.5 Å². The van der Waals surface area contributed by atoms with E-state index in [1.165, 1.54) is 36.1 Å². The Morgan fingerprint density at radius 1 is 1.16 bits per heavy atom. The average molecular weight is 293 g/mol. The highest BCUT2D eigenvalue weighted by Crippen LogP contribution is 2.38. The maximum atomic E-state index is 6.62. The molecule has 1 aromatic heterocycles. The maximum absolute atomic E-state index is 6.62. The molecule has 0 N–H and O–H groups in total. The first-order chi connectivity index (χ1) is 9.28. The van der Waals surface area contributed by atoms with Gasteiger partial charge in [0, 0.05) is 9.75 Å². The summed E-state index contributed by atoms with van der Waals surface area (Å²) < 4.78 is 5.18. The number of methoxy groups -OCH3 is 1. The van der Waals surface area contributed by atoms with Gasteiger partial charge in [-0.3, -0.25) is 0 Å². The van der Waals surface area contributed by atoms with Crippen molar-refractivity contribution in [2.24, 2.45) is 0 Å². The summed E-state index contributed by atoms with van der Waals surface area (Å²) in [6.07, 6.45) is 5.09. The molecule has 0 bridgehead atoms. The fourth-order valence-electron chi connectivity index (χ4n) is 2.58. The van der Waals surface area contributed by atoms with Gasteiger partial charge in [0.25, 0.3) is 0 Å². The Hall–Kier alpha value is -0.990. The lowest BCUT2D eigenvalue weighted by atomic mass is 9.99. The number of benzene rings is 1. The predicted molar refractivity (Wildman–Crippen MR) is 81.7 cm³/mol. The summed E-state index contributed by atoms with van der Waals surface area (Å²) in [6, 6.07) is 10.3. The van der Waals surface area contributed by atoms with Crippen LogP contribution in [0.2, 0.25) is 0 Å². The van der Waals surface area contributed by atoms with Crippen LogP contribution in [0.25, 0.3) is 0 Å². The standard InChI is InChI=1S/C16H17ClOS/c1-18-13-8-6-11(7-9-13)16(17)15-10-12-4-2-3-5-14(12)19-15/h6-10,16H,2-5H2,1H3. The Bertz CT molecular complexity index is 535. The largest absolute Gasteiger partial charge is 0.497 e. The molecule has 2 aromatic rings. The van der Waals surface area contributed by atoms with E-state index in [2.05, 4.69) is 18.2 Å². The van der Waals surface area contributed by atoms with Crippen molar-refractivity contribution in [1.29, 1.82) is 0 Å². The molecule has 1 aromatic carbocycles. The molecule has 0 aliphatic heterocycles. The first-order valence-corrected chi connectivity index (χ1v) is 7.92. The Morgan fingerprint density at radius 3 is 2.58 bits per heavy atom. The first-order valence-electron chi connectivity index (χ1n) is 6.67. The molecule has 1 unspecified atom stereocenters. The Balaban J connectivity index is 1.85. The van der Waals surface area contributed by atoms with Crippen LogP contribution in [0.3, 0.4) is 0 Å². The van der Waals surface area contributed by atoms with Crippen molar-refractivity contribution in [3.63, 3.8) is 0 Å². The Labute approximate surface area is 123 Å². The SMILES string of the molecule is COc1ccc(C(Cl)c2cc3c(s2)CCCC3)cc1. The highest BCUT2D eigenvalue weighted by atomic mass is 35.5. The number of hydrogen-bond acceptors (Lipinski definition) is 2. The van der Waals surface area contributed by atoms with Gasteiger partial charge < -0.3 is 4.74 Å². The van der Waals surface area contributed by atoms with Crippen LogP contribution in [-0.4, -0.2) is 7.11 Å². The van der Waals surface area contributed by atoms with E-state index < -0.39 is 0 Å². The van der Waals surface area contributed by atoms with Crippen molar-refractivity contribution >= 4 is 22.9 Å². The molecular formula is C16H17ClOS. The fourth-order valence-corrected chi connectivity index (χ4v) is 4.18. The van der Waals surface area contributed by atoms with Gasteiger partial charge in [-0.1, -0.05) is 12.1 Å². The molecule has 1 nitrogen and oxygen atoms in total. The smallest absolute Gasteiger partial charge is 0.118 e. The van der Waals surface area contributed by atoms with Crippen LogP contribution < -0.4 is 4.74 Å². The van der Waals surface area contributed by atoms with Crippen molar-refractivity contribution in [2.75, 3.05) is 7.11 Å². The number of alkyl halides is 1. The third kappa shape index (κ3) is 2.65. The molecule has 100 valence electrons. The lowest BCUT2D eigenvalue weighted by molar-refractivity contribution is 0.414. The lowest BCUT2D eigenvalue weighted by Gasteiger charge is -2.08. The van der Waals surface area contributed by atoms with Crippen LogP contribution in [-0.2, 0) is 12.8 Å². The Morgan fingerprint density at radius 2 is 1.89 bits per heavy atom. The number of hydrogen-bond donors (Lipinski definition) is 0. The third-order valence-corrected chi connectivity index (χ3v) is 5.59. The van der Waals surface area contributed by atoms with E-state index >= 15 is 0 Å². The summed E-state index contributed by atoms with van der Waals surface area (Å²) in [6.45, 7) is 0. The van der Waals surface area contributed by atoms with E-state index in [1.54, 1.807) is 12.0 Å². The molecule has 1 heterocycles. The number of thiophene rings is 1. The van der Waals surface area contributed by atoms with Crippen molar-refractivity contribution in [3.8, 4) is 5.75 Å². The summed E-state index contributed by atoms with van der Waals surface area (Å²) in [5.41, 5.74) is 2.66. The van der Waals surface area contributed by atoms with Gasteiger partial charge in [0.1, 0.15) is 5.75 Å². The van der Waals surface area contributed by atoms with Crippen LogP contribution in [0.1, 0.15) is 39.1 Å². The van der Waals surface area contributed by atoms with Gasteiger partial charge >= 0.3 is 0 Å². The molecule has 1 aliphatic rings. The number of aryl methyl sites for hydroxylation is 2. The summed E-state index contributed by atoms with van der Waals surface area (Å²) in [7, 11) is 1.68. The third-order valence-electron chi connectivity index (χ3n) is 3.67. The average Bonchev–Trinajstić information content (AvgIpc) is 2.90. The van der Waals surface area contributed by atoms with E-state index in [9.17, 15) is 0 Å². The van der Waals surface area contributed by atoms with Crippen molar-refractivity contribution in [3.05, 3.63) is 51.2 Å².